The maximum atomic E-state index is 11.4. The number of nitrogens with one attached hydrogen (secondary N) is 1. The van der Waals surface area contributed by atoms with Gasteiger partial charge in [-0.2, -0.15) is 0 Å². The average molecular weight is 201 g/mol. The first-order valence-electron chi connectivity index (χ1n) is 5.38. The van der Waals surface area contributed by atoms with Crippen LogP contribution in [0.25, 0.3) is 0 Å². The van der Waals surface area contributed by atoms with Crippen LogP contribution in [0, 0.1) is 0 Å². The first-order valence-corrected chi connectivity index (χ1v) is 5.38. The molecule has 3 nitrogen and oxygen atoms in total. The number of ether oxygens (including phenoxy) is 1. The molecule has 0 heterocycles. The zero-order valence-electron chi connectivity index (χ0n) is 10.0. The van der Waals surface area contributed by atoms with Crippen molar-refractivity contribution in [1.29, 1.82) is 0 Å². The minimum absolute atomic E-state index is 0.245. The Morgan fingerprint density at radius 3 is 2.29 bits per heavy atom. The Hall–Kier alpha value is -0.730. The van der Waals surface area contributed by atoms with Gasteiger partial charge in [0, 0.05) is 6.04 Å². The van der Waals surface area contributed by atoms with Crippen LogP contribution in [-0.2, 0) is 4.74 Å². The number of carbonyl (C=O) groups is 1. The first kappa shape index (κ1) is 13.3. The molecule has 0 aromatic heterocycles. The summed E-state index contributed by atoms with van der Waals surface area (Å²) in [5.74, 6) is 0. The minimum Gasteiger partial charge on any atom is -0.444 e. The number of amides is 1. The molecule has 84 valence electrons. The molecule has 0 radical (unpaired) electrons. The second-order valence-corrected chi connectivity index (χ2v) is 4.54. The third-order valence-corrected chi connectivity index (χ3v) is 1.85. The van der Waals surface area contributed by atoms with Gasteiger partial charge in [-0.05, 0) is 33.6 Å². The monoisotopic (exact) mass is 201 g/mol. The van der Waals surface area contributed by atoms with Gasteiger partial charge in [0.05, 0.1) is 0 Å². The number of rotatable bonds is 4. The molecule has 0 bridgehead atoms. The number of alkyl carbamates (subject to hydrolysis) is 1. The van der Waals surface area contributed by atoms with Crippen molar-refractivity contribution in [2.75, 3.05) is 0 Å². The van der Waals surface area contributed by atoms with E-state index in [1.165, 1.54) is 0 Å². The fourth-order valence-electron chi connectivity index (χ4n) is 1.20. The second kappa shape index (κ2) is 5.89. The number of hydrogen-bond acceptors (Lipinski definition) is 2. The van der Waals surface area contributed by atoms with E-state index in [4.69, 9.17) is 4.74 Å². The maximum absolute atomic E-state index is 11.4. The topological polar surface area (TPSA) is 38.3 Å². The van der Waals surface area contributed by atoms with Crippen LogP contribution in [0.4, 0.5) is 4.79 Å². The molecule has 0 aliphatic rings. The van der Waals surface area contributed by atoms with E-state index >= 15 is 0 Å². The van der Waals surface area contributed by atoms with Crippen molar-refractivity contribution in [3.8, 4) is 0 Å². The standard InChI is InChI=1S/C11H23NO2/c1-6-8-9(7-2)12-10(13)14-11(3,4)5/h9H,6-8H2,1-5H3,(H,12,13). The largest absolute Gasteiger partial charge is 0.444 e. The summed E-state index contributed by atoms with van der Waals surface area (Å²) in [5.41, 5.74) is -0.408. The molecule has 0 saturated carbocycles. The molecular weight excluding hydrogens is 178 g/mol. The Bertz CT molecular complexity index is 173. The van der Waals surface area contributed by atoms with E-state index in [0.29, 0.717) is 0 Å². The van der Waals surface area contributed by atoms with Crippen LogP contribution in [0.5, 0.6) is 0 Å². The van der Waals surface area contributed by atoms with E-state index in [0.717, 1.165) is 19.3 Å². The van der Waals surface area contributed by atoms with Crippen LogP contribution in [0.15, 0.2) is 0 Å². The van der Waals surface area contributed by atoms with Crippen molar-refractivity contribution >= 4 is 6.09 Å². The highest BCUT2D eigenvalue weighted by molar-refractivity contribution is 5.68. The van der Waals surface area contributed by atoms with Crippen LogP contribution in [0.2, 0.25) is 0 Å². The highest BCUT2D eigenvalue weighted by Gasteiger charge is 2.17. The smallest absolute Gasteiger partial charge is 0.407 e. The summed E-state index contributed by atoms with van der Waals surface area (Å²) in [6, 6.07) is 0.245. The van der Waals surface area contributed by atoms with Gasteiger partial charge in [-0.3, -0.25) is 0 Å². The zero-order chi connectivity index (χ0) is 11.2. The van der Waals surface area contributed by atoms with E-state index < -0.39 is 5.60 Å². The third-order valence-electron chi connectivity index (χ3n) is 1.85. The lowest BCUT2D eigenvalue weighted by atomic mass is 10.1. The quantitative estimate of drug-likeness (QED) is 0.759. The molecule has 1 unspecified atom stereocenters. The molecular formula is C11H23NO2. The first-order chi connectivity index (χ1) is 6.39. The van der Waals surface area contributed by atoms with Crippen molar-refractivity contribution in [1.82, 2.24) is 5.32 Å². The maximum Gasteiger partial charge on any atom is 0.407 e. The Kier molecular flexibility index (Phi) is 5.58. The van der Waals surface area contributed by atoms with Crippen LogP contribution >= 0.6 is 0 Å². The van der Waals surface area contributed by atoms with Gasteiger partial charge in [0.2, 0.25) is 0 Å². The highest BCUT2D eigenvalue weighted by atomic mass is 16.6. The fraction of sp³-hybridized carbons (Fsp3) is 0.909. The molecule has 1 N–H and O–H groups in total. The summed E-state index contributed by atoms with van der Waals surface area (Å²) < 4.78 is 5.17. The van der Waals surface area contributed by atoms with Crippen molar-refractivity contribution in [2.24, 2.45) is 0 Å². The SMILES string of the molecule is CCCC(CC)NC(=O)OC(C)(C)C. The summed E-state index contributed by atoms with van der Waals surface area (Å²) in [4.78, 5) is 11.4. The molecule has 0 saturated heterocycles. The summed E-state index contributed by atoms with van der Waals surface area (Å²) in [6.45, 7) is 9.78. The number of hydrogen-bond donors (Lipinski definition) is 1. The van der Waals surface area contributed by atoms with Crippen molar-refractivity contribution in [2.45, 2.75) is 65.5 Å². The van der Waals surface area contributed by atoms with Crippen LogP contribution in [-0.4, -0.2) is 17.7 Å². The summed E-state index contributed by atoms with van der Waals surface area (Å²) in [5, 5.41) is 2.86. The van der Waals surface area contributed by atoms with Gasteiger partial charge in [-0.15, -0.1) is 0 Å². The molecule has 3 heteroatoms. The van der Waals surface area contributed by atoms with Gasteiger partial charge in [0.15, 0.2) is 0 Å². The molecule has 14 heavy (non-hydrogen) atoms. The Morgan fingerprint density at radius 1 is 1.36 bits per heavy atom. The third kappa shape index (κ3) is 6.75. The normalized spacial score (nSPS) is 13.5. The second-order valence-electron chi connectivity index (χ2n) is 4.54. The van der Waals surface area contributed by atoms with Gasteiger partial charge in [0.25, 0.3) is 0 Å². The lowest BCUT2D eigenvalue weighted by Crippen LogP contribution is -2.38. The van der Waals surface area contributed by atoms with Gasteiger partial charge >= 0.3 is 6.09 Å². The van der Waals surface area contributed by atoms with E-state index in [9.17, 15) is 4.79 Å². The van der Waals surface area contributed by atoms with Gasteiger partial charge in [0.1, 0.15) is 5.60 Å². The lowest BCUT2D eigenvalue weighted by Gasteiger charge is -2.22. The van der Waals surface area contributed by atoms with Crippen molar-refractivity contribution in [3.05, 3.63) is 0 Å². The Balaban J connectivity index is 3.91. The van der Waals surface area contributed by atoms with Crippen LogP contribution in [0.3, 0.4) is 0 Å². The fourth-order valence-corrected chi connectivity index (χ4v) is 1.20. The molecule has 0 aliphatic carbocycles. The number of carbonyl (C=O) groups excluding carboxylic acids is 1. The molecule has 0 aromatic carbocycles. The minimum atomic E-state index is -0.408. The summed E-state index contributed by atoms with van der Waals surface area (Å²) in [6.07, 6.45) is 2.73. The molecule has 0 spiro atoms. The molecule has 0 aromatic rings. The Labute approximate surface area is 87.2 Å². The van der Waals surface area contributed by atoms with Gasteiger partial charge < -0.3 is 10.1 Å². The van der Waals surface area contributed by atoms with Crippen LogP contribution < -0.4 is 5.32 Å². The predicted molar refractivity (Wildman–Crippen MR) is 58.4 cm³/mol. The molecule has 0 aliphatic heterocycles. The van der Waals surface area contributed by atoms with E-state index in [-0.39, 0.29) is 12.1 Å². The molecule has 1 amide bonds. The Morgan fingerprint density at radius 2 is 1.93 bits per heavy atom. The van der Waals surface area contributed by atoms with Crippen molar-refractivity contribution in [3.63, 3.8) is 0 Å². The molecule has 1 atom stereocenters. The van der Waals surface area contributed by atoms with Crippen LogP contribution in [0.1, 0.15) is 53.9 Å². The lowest BCUT2D eigenvalue weighted by molar-refractivity contribution is 0.0500. The molecule has 0 fully saturated rings. The predicted octanol–water partition coefficient (Wildman–Crippen LogP) is 3.09. The average Bonchev–Trinajstić information content (AvgIpc) is 2.00. The molecule has 0 rings (SSSR count). The van der Waals surface area contributed by atoms with E-state index in [1.54, 1.807) is 0 Å². The van der Waals surface area contributed by atoms with E-state index in [1.807, 2.05) is 20.8 Å². The van der Waals surface area contributed by atoms with Gasteiger partial charge in [-0.1, -0.05) is 20.3 Å². The summed E-state index contributed by atoms with van der Waals surface area (Å²) in [7, 11) is 0. The van der Waals surface area contributed by atoms with Crippen molar-refractivity contribution < 1.29 is 9.53 Å². The summed E-state index contributed by atoms with van der Waals surface area (Å²) >= 11 is 0. The van der Waals surface area contributed by atoms with E-state index in [2.05, 4.69) is 19.2 Å². The zero-order valence-corrected chi connectivity index (χ0v) is 10.0. The highest BCUT2D eigenvalue weighted by Crippen LogP contribution is 2.08. The van der Waals surface area contributed by atoms with Gasteiger partial charge in [-0.25, -0.2) is 4.79 Å².